The van der Waals surface area contributed by atoms with E-state index in [-0.39, 0.29) is 6.42 Å². The van der Waals surface area contributed by atoms with E-state index in [1.165, 1.54) is 6.92 Å². The number of esters is 1. The number of hydrogen-bond acceptors (Lipinski definition) is 4. The van der Waals surface area contributed by atoms with Gasteiger partial charge in [-0.15, -0.1) is 0 Å². The normalized spacial score (nSPS) is 7.55. The van der Waals surface area contributed by atoms with Gasteiger partial charge < -0.3 is 15.2 Å². The first-order valence-corrected chi connectivity index (χ1v) is 3.10. The van der Waals surface area contributed by atoms with E-state index < -0.39 is 12.1 Å². The molecule has 11 heavy (non-hydrogen) atoms. The van der Waals surface area contributed by atoms with Gasteiger partial charge in [-0.3, -0.25) is 4.79 Å². The summed E-state index contributed by atoms with van der Waals surface area (Å²) >= 11 is 0. The maximum absolute atomic E-state index is 10.0. The van der Waals surface area contributed by atoms with Crippen molar-refractivity contribution in [3.8, 4) is 0 Å². The molecule has 0 spiro atoms. The minimum absolute atomic E-state index is 0.0896. The topological polar surface area (TPSA) is 75.6 Å². The number of carbonyl (C=O) groups is 2. The molecule has 0 unspecified atom stereocenters. The second kappa shape index (κ2) is 8.90. The van der Waals surface area contributed by atoms with Gasteiger partial charge in [0.15, 0.2) is 0 Å². The van der Waals surface area contributed by atoms with Gasteiger partial charge in [-0.1, -0.05) is 6.92 Å². The summed E-state index contributed by atoms with van der Waals surface area (Å²) in [5.41, 5.74) is 0. The number of carbonyl (C=O) groups excluding carboxylic acids is 1. The Hall–Kier alpha value is -1.10. The summed E-state index contributed by atoms with van der Waals surface area (Å²) in [5.74, 6) is -0.725. The van der Waals surface area contributed by atoms with E-state index in [9.17, 15) is 9.59 Å². The lowest BCUT2D eigenvalue weighted by Gasteiger charge is -1.90. The van der Waals surface area contributed by atoms with Crippen molar-refractivity contribution in [1.29, 1.82) is 0 Å². The van der Waals surface area contributed by atoms with Crippen LogP contribution in [0.5, 0.6) is 0 Å². The molecule has 0 rings (SSSR count). The average molecular weight is 163 g/mol. The summed E-state index contributed by atoms with van der Waals surface area (Å²) < 4.78 is 3.68. The van der Waals surface area contributed by atoms with Crippen LogP contribution in [-0.2, 0) is 9.53 Å². The van der Waals surface area contributed by atoms with Crippen LogP contribution < -0.4 is 5.32 Å². The number of nitrogens with one attached hydrogen (secondary N) is 1. The van der Waals surface area contributed by atoms with Crippen LogP contribution in [-0.4, -0.2) is 31.3 Å². The van der Waals surface area contributed by atoms with Gasteiger partial charge >= 0.3 is 12.1 Å². The maximum Gasteiger partial charge on any atom is 0.513 e. The highest BCUT2D eigenvalue weighted by Gasteiger charge is 2.02. The van der Waals surface area contributed by atoms with Gasteiger partial charge in [0.05, 0.1) is 0 Å². The van der Waals surface area contributed by atoms with E-state index in [1.54, 1.807) is 0 Å². The fraction of sp³-hybridized carbons (Fsp3) is 0.667. The maximum atomic E-state index is 10.0. The van der Waals surface area contributed by atoms with Crippen LogP contribution in [0.3, 0.4) is 0 Å². The fourth-order valence-electron chi connectivity index (χ4n) is 0.170. The molecule has 0 bridgehead atoms. The highest BCUT2D eigenvalue weighted by atomic mass is 16.7. The van der Waals surface area contributed by atoms with E-state index in [1.807, 2.05) is 14.1 Å². The summed E-state index contributed by atoms with van der Waals surface area (Å²) in [6, 6.07) is 0. The molecule has 66 valence electrons. The molecule has 0 fully saturated rings. The Morgan fingerprint density at radius 1 is 1.45 bits per heavy atom. The van der Waals surface area contributed by atoms with Gasteiger partial charge in [0.2, 0.25) is 0 Å². The highest BCUT2D eigenvalue weighted by Crippen LogP contribution is 1.82. The van der Waals surface area contributed by atoms with Crippen molar-refractivity contribution in [2.45, 2.75) is 13.3 Å². The third kappa shape index (κ3) is 17.6. The molecule has 2 N–H and O–H groups in total. The number of carboxylic acid groups (broad SMARTS) is 1. The van der Waals surface area contributed by atoms with Gasteiger partial charge in [0.1, 0.15) is 0 Å². The van der Waals surface area contributed by atoms with Crippen LogP contribution in [0.1, 0.15) is 13.3 Å². The summed E-state index contributed by atoms with van der Waals surface area (Å²) in [6.07, 6.45) is -1.45. The predicted molar refractivity (Wildman–Crippen MR) is 39.4 cm³/mol. The van der Waals surface area contributed by atoms with Gasteiger partial charge in [-0.2, -0.15) is 0 Å². The third-order valence-corrected chi connectivity index (χ3v) is 0.490. The minimum atomic E-state index is -1.54. The van der Waals surface area contributed by atoms with Crippen LogP contribution in [0.25, 0.3) is 0 Å². The average Bonchev–Trinajstić information content (AvgIpc) is 1.88. The largest absolute Gasteiger partial charge is 0.513 e. The minimum Gasteiger partial charge on any atom is -0.449 e. The van der Waals surface area contributed by atoms with Crippen molar-refractivity contribution in [1.82, 2.24) is 5.32 Å². The van der Waals surface area contributed by atoms with E-state index in [0.717, 1.165) is 0 Å². The lowest BCUT2D eigenvalue weighted by molar-refractivity contribution is -0.138. The Bertz CT molecular complexity index is 124. The Kier molecular flexibility index (Phi) is 10.2. The lowest BCUT2D eigenvalue weighted by Crippen LogP contribution is -2.07. The SMILES string of the molecule is CCC(=O)OC(=O)O.CNC. The van der Waals surface area contributed by atoms with Gasteiger partial charge in [0, 0.05) is 6.42 Å². The summed E-state index contributed by atoms with van der Waals surface area (Å²) in [6.45, 7) is 1.52. The molecule has 0 aliphatic carbocycles. The van der Waals surface area contributed by atoms with Crippen molar-refractivity contribution in [3.05, 3.63) is 0 Å². The quantitative estimate of drug-likeness (QED) is 0.433. The van der Waals surface area contributed by atoms with Crippen molar-refractivity contribution < 1.29 is 19.4 Å². The monoisotopic (exact) mass is 163 g/mol. The van der Waals surface area contributed by atoms with Crippen LogP contribution in [0.4, 0.5) is 4.79 Å². The summed E-state index contributed by atoms with van der Waals surface area (Å²) in [7, 11) is 3.75. The Balaban J connectivity index is 0. The van der Waals surface area contributed by atoms with Crippen LogP contribution in [0.2, 0.25) is 0 Å². The standard InChI is InChI=1S/C4H6O4.C2H7N/c1-2-3(5)8-4(6)7;1-3-2/h2H2,1H3,(H,6,7);3H,1-2H3. The van der Waals surface area contributed by atoms with E-state index in [4.69, 9.17) is 5.11 Å². The molecule has 0 aromatic rings. The molecule has 0 heterocycles. The molecule has 5 nitrogen and oxygen atoms in total. The molecule has 0 aliphatic heterocycles. The second-order valence-electron chi connectivity index (χ2n) is 1.59. The number of ether oxygens (including phenoxy) is 1. The van der Waals surface area contributed by atoms with Crippen LogP contribution >= 0.6 is 0 Å². The highest BCUT2D eigenvalue weighted by molar-refractivity contribution is 5.80. The zero-order valence-electron chi connectivity index (χ0n) is 6.88. The second-order valence-corrected chi connectivity index (χ2v) is 1.59. The Morgan fingerprint density at radius 2 is 1.82 bits per heavy atom. The van der Waals surface area contributed by atoms with Gasteiger partial charge in [-0.25, -0.2) is 4.79 Å². The molecule has 0 aromatic heterocycles. The molecule has 0 saturated carbocycles. The zero-order chi connectivity index (χ0) is 9.28. The van der Waals surface area contributed by atoms with Gasteiger partial charge in [0.25, 0.3) is 0 Å². The zero-order valence-corrected chi connectivity index (χ0v) is 6.88. The molecule has 0 atom stereocenters. The van der Waals surface area contributed by atoms with Crippen molar-refractivity contribution in [2.75, 3.05) is 14.1 Å². The Morgan fingerprint density at radius 3 is 1.91 bits per heavy atom. The van der Waals surface area contributed by atoms with E-state index in [2.05, 4.69) is 10.1 Å². The van der Waals surface area contributed by atoms with Crippen LogP contribution in [0.15, 0.2) is 0 Å². The summed E-state index contributed by atoms with van der Waals surface area (Å²) in [4.78, 5) is 19.5. The first-order chi connectivity index (χ1) is 5.08. The molecule has 0 aromatic carbocycles. The number of rotatable bonds is 1. The van der Waals surface area contributed by atoms with Gasteiger partial charge in [-0.05, 0) is 14.1 Å². The number of hydrogen-bond donors (Lipinski definition) is 2. The first-order valence-electron chi connectivity index (χ1n) is 3.10. The van der Waals surface area contributed by atoms with Crippen molar-refractivity contribution in [3.63, 3.8) is 0 Å². The van der Waals surface area contributed by atoms with Crippen molar-refractivity contribution >= 4 is 12.1 Å². The predicted octanol–water partition coefficient (Wildman–Crippen LogP) is 0.453. The van der Waals surface area contributed by atoms with Crippen LogP contribution in [0, 0.1) is 0 Å². The molecule has 0 aliphatic rings. The first kappa shape index (κ1) is 12.6. The molecule has 0 amide bonds. The molecule has 0 radical (unpaired) electrons. The van der Waals surface area contributed by atoms with Crippen molar-refractivity contribution in [2.24, 2.45) is 0 Å². The molecular weight excluding hydrogens is 150 g/mol. The lowest BCUT2D eigenvalue weighted by atomic mass is 10.5. The molecule has 0 saturated heterocycles. The van der Waals surface area contributed by atoms with E-state index >= 15 is 0 Å². The van der Waals surface area contributed by atoms with E-state index in [0.29, 0.717) is 0 Å². The fourth-order valence-corrected chi connectivity index (χ4v) is 0.170. The summed E-state index contributed by atoms with van der Waals surface area (Å²) in [5, 5.41) is 10.5. The molecular formula is C6H13NO4. The molecule has 5 heteroatoms. The smallest absolute Gasteiger partial charge is 0.449 e. The third-order valence-electron chi connectivity index (χ3n) is 0.490. The Labute approximate surface area is 65.4 Å².